The van der Waals surface area contributed by atoms with E-state index in [-0.39, 0.29) is 5.91 Å². The van der Waals surface area contributed by atoms with Gasteiger partial charge in [-0.3, -0.25) is 14.8 Å². The second kappa shape index (κ2) is 9.76. The molecule has 0 saturated heterocycles. The van der Waals surface area contributed by atoms with Crippen molar-refractivity contribution in [2.45, 2.75) is 33.4 Å². The summed E-state index contributed by atoms with van der Waals surface area (Å²) in [7, 11) is 0. The van der Waals surface area contributed by atoms with Crippen LogP contribution in [0.25, 0.3) is 10.6 Å². The fourth-order valence-corrected chi connectivity index (χ4v) is 4.00. The van der Waals surface area contributed by atoms with Crippen molar-refractivity contribution in [1.82, 2.24) is 25.6 Å². The Hall–Kier alpha value is -3.17. The summed E-state index contributed by atoms with van der Waals surface area (Å²) in [6.45, 7) is 6.50. The topological polar surface area (TPSA) is 100 Å². The molecule has 4 aromatic rings. The maximum atomic E-state index is 12.4. The molecule has 2 N–H and O–H groups in total. The van der Waals surface area contributed by atoms with Gasteiger partial charge in [0, 0.05) is 19.2 Å². The summed E-state index contributed by atoms with van der Waals surface area (Å²) in [6.07, 6.45) is 2.53. The van der Waals surface area contributed by atoms with Crippen LogP contribution in [0.15, 0.2) is 50.9 Å². The lowest BCUT2D eigenvalue weighted by Gasteiger charge is -2.19. The van der Waals surface area contributed by atoms with Gasteiger partial charge in [-0.2, -0.15) is 5.10 Å². The number of rotatable bonds is 10. The average Bonchev–Trinajstić information content (AvgIpc) is 3.53. The van der Waals surface area contributed by atoms with Gasteiger partial charge < -0.3 is 14.3 Å². The molecule has 0 aliphatic heterocycles. The van der Waals surface area contributed by atoms with Crippen LogP contribution in [-0.4, -0.2) is 39.3 Å². The third-order valence-corrected chi connectivity index (χ3v) is 5.66. The number of furan rings is 1. The lowest BCUT2D eigenvalue weighted by Crippen LogP contribution is -2.29. The maximum Gasteiger partial charge on any atom is 0.271 e. The van der Waals surface area contributed by atoms with Crippen LogP contribution in [0.5, 0.6) is 0 Å². The summed E-state index contributed by atoms with van der Waals surface area (Å²) in [6, 6.07) is 9.70. The Labute approximate surface area is 184 Å². The number of aromatic amines is 1. The molecule has 4 aromatic heterocycles. The number of hydrogen-bond acceptors (Lipinski definition) is 7. The minimum Gasteiger partial charge on any atom is -0.468 e. The van der Waals surface area contributed by atoms with Gasteiger partial charge in [-0.1, -0.05) is 11.2 Å². The summed E-state index contributed by atoms with van der Waals surface area (Å²) in [4.78, 5) is 15.7. The Bertz CT molecular complexity index is 1070. The smallest absolute Gasteiger partial charge is 0.271 e. The highest BCUT2D eigenvalue weighted by atomic mass is 32.1. The number of hydrogen-bond donors (Lipinski definition) is 2. The van der Waals surface area contributed by atoms with Crippen molar-refractivity contribution in [2.75, 3.05) is 13.1 Å². The van der Waals surface area contributed by atoms with Gasteiger partial charge >= 0.3 is 0 Å². The van der Waals surface area contributed by atoms with E-state index in [0.29, 0.717) is 25.3 Å². The molecular formula is C22H25N5O3S. The molecule has 4 heterocycles. The van der Waals surface area contributed by atoms with Crippen molar-refractivity contribution in [3.63, 3.8) is 0 Å². The van der Waals surface area contributed by atoms with E-state index in [4.69, 9.17) is 8.94 Å². The van der Waals surface area contributed by atoms with Crippen LogP contribution < -0.4 is 5.32 Å². The van der Waals surface area contributed by atoms with Crippen molar-refractivity contribution in [1.29, 1.82) is 0 Å². The highest BCUT2D eigenvalue weighted by Crippen LogP contribution is 2.22. The number of aryl methyl sites for hydroxylation is 2. The molecule has 0 fully saturated rings. The fraction of sp³-hybridized carbons (Fsp3) is 0.318. The normalized spacial score (nSPS) is 11.3. The molecule has 4 rings (SSSR count). The predicted octanol–water partition coefficient (Wildman–Crippen LogP) is 4.16. The second-order valence-electron chi connectivity index (χ2n) is 7.49. The van der Waals surface area contributed by atoms with Crippen molar-refractivity contribution in [2.24, 2.45) is 0 Å². The van der Waals surface area contributed by atoms with Crippen LogP contribution in [0.2, 0.25) is 0 Å². The highest BCUT2D eigenvalue weighted by molar-refractivity contribution is 7.13. The number of carbonyl (C=O) groups is 1. The first-order valence-corrected chi connectivity index (χ1v) is 11.0. The molecule has 8 nitrogen and oxygen atoms in total. The Morgan fingerprint density at radius 1 is 1.23 bits per heavy atom. The summed E-state index contributed by atoms with van der Waals surface area (Å²) < 4.78 is 11.0. The molecule has 9 heteroatoms. The number of H-pyrrole nitrogens is 1. The van der Waals surface area contributed by atoms with Crippen LogP contribution >= 0.6 is 11.3 Å². The molecule has 0 radical (unpaired) electrons. The lowest BCUT2D eigenvalue weighted by atomic mass is 10.2. The molecule has 0 bridgehead atoms. The maximum absolute atomic E-state index is 12.4. The Balaban J connectivity index is 1.29. The zero-order valence-corrected chi connectivity index (χ0v) is 18.4. The van der Waals surface area contributed by atoms with E-state index in [1.165, 1.54) is 0 Å². The van der Waals surface area contributed by atoms with Crippen molar-refractivity contribution >= 4 is 17.2 Å². The molecule has 0 unspecified atom stereocenters. The number of nitrogens with zero attached hydrogens (tertiary/aromatic N) is 3. The van der Waals surface area contributed by atoms with Gasteiger partial charge in [0.25, 0.3) is 5.91 Å². The standard InChI is InChI=1S/C22H25N5O3S/c1-15-9-17(29-14-15)12-27(13-18-10-16(2)26-30-18)7-4-6-23-22(28)20-11-19(24-25-20)21-5-3-8-31-21/h3,5,8-11,14H,4,6-7,12-13H2,1-2H3,(H,23,28)(H,24,25). The number of carbonyl (C=O) groups excluding carboxylic acids is 1. The van der Waals surface area contributed by atoms with Crippen LogP contribution in [0.4, 0.5) is 0 Å². The van der Waals surface area contributed by atoms with Crippen molar-refractivity contribution < 1.29 is 13.7 Å². The monoisotopic (exact) mass is 439 g/mol. The molecular weight excluding hydrogens is 414 g/mol. The zero-order valence-electron chi connectivity index (χ0n) is 17.6. The minimum atomic E-state index is -0.182. The molecule has 0 aromatic carbocycles. The van der Waals surface area contributed by atoms with Gasteiger partial charge in [-0.05, 0) is 49.4 Å². The fourth-order valence-electron chi connectivity index (χ4n) is 3.31. The van der Waals surface area contributed by atoms with E-state index in [9.17, 15) is 4.79 Å². The molecule has 0 saturated carbocycles. The number of nitrogens with one attached hydrogen (secondary N) is 2. The van der Waals surface area contributed by atoms with Gasteiger partial charge in [-0.15, -0.1) is 11.3 Å². The first kappa shape index (κ1) is 21.1. The van der Waals surface area contributed by atoms with Crippen molar-refractivity contribution in [3.05, 3.63) is 70.4 Å². The number of thiophene rings is 1. The summed E-state index contributed by atoms with van der Waals surface area (Å²) in [5.41, 5.74) is 3.20. The Kier molecular flexibility index (Phi) is 6.63. The highest BCUT2D eigenvalue weighted by Gasteiger charge is 2.14. The van der Waals surface area contributed by atoms with E-state index >= 15 is 0 Å². The quantitative estimate of drug-likeness (QED) is 0.360. The minimum absolute atomic E-state index is 0.182. The molecule has 0 atom stereocenters. The summed E-state index contributed by atoms with van der Waals surface area (Å²) in [5, 5.41) is 16.0. The van der Waals surface area contributed by atoms with Gasteiger partial charge in [-0.25, -0.2) is 0 Å². The van der Waals surface area contributed by atoms with E-state index in [1.54, 1.807) is 23.7 Å². The molecule has 162 valence electrons. The first-order chi connectivity index (χ1) is 15.1. The Morgan fingerprint density at radius 3 is 2.81 bits per heavy atom. The van der Waals surface area contributed by atoms with E-state index < -0.39 is 0 Å². The Morgan fingerprint density at radius 2 is 2.10 bits per heavy atom. The van der Waals surface area contributed by atoms with Crippen LogP contribution in [-0.2, 0) is 13.1 Å². The van der Waals surface area contributed by atoms with Gasteiger partial charge in [0.15, 0.2) is 11.5 Å². The lowest BCUT2D eigenvalue weighted by molar-refractivity contribution is 0.0945. The average molecular weight is 440 g/mol. The largest absolute Gasteiger partial charge is 0.468 e. The van der Waals surface area contributed by atoms with E-state index in [2.05, 4.69) is 25.6 Å². The van der Waals surface area contributed by atoms with Crippen LogP contribution in [0, 0.1) is 13.8 Å². The SMILES string of the molecule is Cc1coc(CN(CCCNC(=O)c2cc(-c3cccs3)[nH]n2)Cc2cc(C)no2)c1. The first-order valence-electron chi connectivity index (χ1n) is 10.1. The molecule has 0 spiro atoms. The summed E-state index contributed by atoms with van der Waals surface area (Å²) >= 11 is 1.60. The van der Waals surface area contributed by atoms with Crippen LogP contribution in [0.3, 0.4) is 0 Å². The van der Waals surface area contributed by atoms with Crippen LogP contribution in [0.1, 0.15) is 39.7 Å². The molecule has 0 aliphatic carbocycles. The second-order valence-corrected chi connectivity index (χ2v) is 8.44. The van der Waals surface area contributed by atoms with Gasteiger partial charge in [0.1, 0.15) is 5.76 Å². The number of aromatic nitrogens is 3. The zero-order chi connectivity index (χ0) is 21.6. The predicted molar refractivity (Wildman–Crippen MR) is 118 cm³/mol. The third kappa shape index (κ3) is 5.71. The third-order valence-electron chi connectivity index (χ3n) is 4.75. The van der Waals surface area contributed by atoms with E-state index in [1.807, 2.05) is 43.5 Å². The van der Waals surface area contributed by atoms with Gasteiger partial charge in [0.2, 0.25) is 0 Å². The van der Waals surface area contributed by atoms with Crippen molar-refractivity contribution in [3.8, 4) is 10.6 Å². The van der Waals surface area contributed by atoms with E-state index in [0.717, 1.165) is 46.3 Å². The van der Waals surface area contributed by atoms with Gasteiger partial charge in [0.05, 0.1) is 35.6 Å². The molecule has 1 amide bonds. The molecule has 31 heavy (non-hydrogen) atoms. The molecule has 0 aliphatic rings. The summed E-state index contributed by atoms with van der Waals surface area (Å²) in [5.74, 6) is 1.52. The number of amides is 1.